The van der Waals surface area contributed by atoms with E-state index in [1.807, 2.05) is 11.9 Å². The van der Waals surface area contributed by atoms with E-state index in [1.165, 1.54) is 0 Å². The van der Waals surface area contributed by atoms with Crippen molar-refractivity contribution in [2.45, 2.75) is 39.2 Å². The molecule has 1 saturated carbocycles. The molecule has 0 unspecified atom stereocenters. The number of H-pyrrole nitrogens is 1. The summed E-state index contributed by atoms with van der Waals surface area (Å²) in [7, 11) is 0. The molecule has 1 heterocycles. The van der Waals surface area contributed by atoms with Crippen LogP contribution in [-0.2, 0) is 6.54 Å². The number of hydrogen-bond acceptors (Lipinski definition) is 3. The van der Waals surface area contributed by atoms with Crippen molar-refractivity contribution in [3.05, 3.63) is 26.7 Å². The molecule has 5 nitrogen and oxygen atoms in total. The van der Waals surface area contributed by atoms with Gasteiger partial charge in [-0.25, -0.2) is 4.79 Å². The van der Waals surface area contributed by atoms with Gasteiger partial charge < -0.3 is 5.11 Å². The van der Waals surface area contributed by atoms with E-state index in [-0.39, 0.29) is 12.0 Å². The van der Waals surface area contributed by atoms with E-state index in [1.54, 1.807) is 0 Å². The molecule has 2 rings (SSSR count). The molecule has 94 valence electrons. The lowest BCUT2D eigenvalue weighted by atomic mass is 9.67. The molecule has 1 aromatic rings. The molecule has 6 heteroatoms. The van der Waals surface area contributed by atoms with Gasteiger partial charge in [0.05, 0.1) is 0 Å². The van der Waals surface area contributed by atoms with E-state index in [2.05, 4.69) is 0 Å². The molecular formula is C11H15FN2O3. The first-order chi connectivity index (χ1) is 7.99. The number of nitrogens with one attached hydrogen (secondary N) is 1. The van der Waals surface area contributed by atoms with E-state index >= 15 is 0 Å². The Morgan fingerprint density at radius 1 is 1.47 bits per heavy atom. The molecule has 1 aliphatic rings. The van der Waals surface area contributed by atoms with Crippen LogP contribution in [0.5, 0.6) is 5.88 Å². The van der Waals surface area contributed by atoms with Crippen LogP contribution in [0, 0.1) is 11.2 Å². The Morgan fingerprint density at radius 3 is 2.59 bits per heavy atom. The van der Waals surface area contributed by atoms with Gasteiger partial charge in [0.2, 0.25) is 11.7 Å². The lowest BCUT2D eigenvalue weighted by Gasteiger charge is -2.41. The van der Waals surface area contributed by atoms with E-state index < -0.39 is 22.9 Å². The van der Waals surface area contributed by atoms with Gasteiger partial charge in [0.25, 0.3) is 5.56 Å². The third-order valence-electron chi connectivity index (χ3n) is 3.77. The zero-order chi connectivity index (χ0) is 12.6. The number of aromatic hydroxyl groups is 1. The van der Waals surface area contributed by atoms with Crippen molar-refractivity contribution in [3.63, 3.8) is 0 Å². The summed E-state index contributed by atoms with van der Waals surface area (Å²) in [5.41, 5.74) is -1.98. The van der Waals surface area contributed by atoms with Crippen molar-refractivity contribution < 1.29 is 9.50 Å². The fourth-order valence-corrected chi connectivity index (χ4v) is 2.32. The van der Waals surface area contributed by atoms with Crippen LogP contribution in [0.2, 0.25) is 0 Å². The van der Waals surface area contributed by atoms with Gasteiger partial charge in [0.15, 0.2) is 0 Å². The monoisotopic (exact) mass is 242 g/mol. The van der Waals surface area contributed by atoms with Gasteiger partial charge in [-0.1, -0.05) is 13.3 Å². The van der Waals surface area contributed by atoms with Crippen LogP contribution in [0.4, 0.5) is 4.39 Å². The summed E-state index contributed by atoms with van der Waals surface area (Å²) in [6, 6.07) is 0. The smallest absolute Gasteiger partial charge is 0.331 e. The molecule has 0 radical (unpaired) electrons. The lowest BCUT2D eigenvalue weighted by Crippen LogP contribution is -2.40. The van der Waals surface area contributed by atoms with Crippen molar-refractivity contribution in [1.29, 1.82) is 0 Å². The molecule has 0 saturated heterocycles. The Morgan fingerprint density at radius 2 is 2.12 bits per heavy atom. The van der Waals surface area contributed by atoms with E-state index in [9.17, 15) is 19.1 Å². The normalized spacial score (nSPS) is 17.8. The molecule has 0 atom stereocenters. The summed E-state index contributed by atoms with van der Waals surface area (Å²) in [6.07, 6.45) is 3.85. The maximum atomic E-state index is 13.2. The van der Waals surface area contributed by atoms with Gasteiger partial charge >= 0.3 is 5.69 Å². The van der Waals surface area contributed by atoms with Gasteiger partial charge in [-0.15, -0.1) is 0 Å². The number of hydrogen-bond donors (Lipinski definition) is 2. The lowest BCUT2D eigenvalue weighted by molar-refractivity contribution is 0.0928. The van der Waals surface area contributed by atoms with Crippen molar-refractivity contribution in [2.24, 2.45) is 5.41 Å². The summed E-state index contributed by atoms with van der Waals surface area (Å²) in [5, 5.41) is 9.51. The first kappa shape index (κ1) is 11.9. The quantitative estimate of drug-likeness (QED) is 0.829. The van der Waals surface area contributed by atoms with Crippen LogP contribution < -0.4 is 11.2 Å². The Labute approximate surface area is 96.9 Å². The molecule has 1 aliphatic carbocycles. The number of rotatable bonds is 3. The fraction of sp³-hybridized carbons (Fsp3) is 0.636. The minimum absolute atomic E-state index is 0.0496. The van der Waals surface area contributed by atoms with Crippen LogP contribution in [0.15, 0.2) is 9.59 Å². The molecule has 17 heavy (non-hydrogen) atoms. The summed E-state index contributed by atoms with van der Waals surface area (Å²) >= 11 is 0. The van der Waals surface area contributed by atoms with Crippen LogP contribution in [0.3, 0.4) is 0 Å². The number of halogens is 1. The Hall–Kier alpha value is -1.59. The predicted molar refractivity (Wildman–Crippen MR) is 59.5 cm³/mol. The largest absolute Gasteiger partial charge is 0.492 e. The molecule has 1 aromatic heterocycles. The maximum absolute atomic E-state index is 13.2. The van der Waals surface area contributed by atoms with Crippen LogP contribution >= 0.6 is 0 Å². The highest BCUT2D eigenvalue weighted by atomic mass is 19.1. The molecule has 0 spiro atoms. The summed E-state index contributed by atoms with van der Waals surface area (Å²) in [6.45, 7) is 2.26. The van der Waals surface area contributed by atoms with Gasteiger partial charge in [-0.2, -0.15) is 4.39 Å². The Kier molecular flexibility index (Phi) is 2.81. The topological polar surface area (TPSA) is 75.1 Å². The minimum Gasteiger partial charge on any atom is -0.492 e. The molecule has 0 amide bonds. The predicted octanol–water partition coefficient (Wildman–Crippen LogP) is 0.962. The SMILES string of the molecule is CCC1(Cn2c(O)c(F)c(=O)[nH]c2=O)CCC1. The van der Waals surface area contributed by atoms with Crippen molar-refractivity contribution >= 4 is 0 Å². The van der Waals surface area contributed by atoms with Crippen molar-refractivity contribution in [3.8, 4) is 5.88 Å². The first-order valence-electron chi connectivity index (χ1n) is 5.71. The van der Waals surface area contributed by atoms with Crippen LogP contribution in [0.25, 0.3) is 0 Å². The highest BCUT2D eigenvalue weighted by molar-refractivity contribution is 5.10. The van der Waals surface area contributed by atoms with E-state index in [4.69, 9.17) is 0 Å². The molecule has 0 aliphatic heterocycles. The average Bonchev–Trinajstić information content (AvgIpc) is 2.24. The standard InChI is InChI=1S/C11H15FN2O3/c1-2-11(4-3-5-11)6-14-9(16)7(12)8(15)13-10(14)17/h16H,2-6H2,1H3,(H,13,15,17). The van der Waals surface area contributed by atoms with E-state index in [0.29, 0.717) is 0 Å². The fourth-order valence-electron chi connectivity index (χ4n) is 2.32. The van der Waals surface area contributed by atoms with Crippen molar-refractivity contribution in [2.75, 3.05) is 0 Å². The van der Waals surface area contributed by atoms with Gasteiger partial charge in [-0.05, 0) is 24.7 Å². The second-order valence-electron chi connectivity index (χ2n) is 4.69. The van der Waals surface area contributed by atoms with E-state index in [0.717, 1.165) is 30.3 Å². The summed E-state index contributed by atoms with van der Waals surface area (Å²) in [5.74, 6) is -2.16. The third kappa shape index (κ3) is 1.87. The first-order valence-corrected chi connectivity index (χ1v) is 5.71. The summed E-state index contributed by atoms with van der Waals surface area (Å²) < 4.78 is 14.1. The van der Waals surface area contributed by atoms with Gasteiger partial charge in [0, 0.05) is 6.54 Å². The molecule has 1 fully saturated rings. The average molecular weight is 242 g/mol. The molecule has 0 aromatic carbocycles. The second kappa shape index (κ2) is 4.01. The van der Waals surface area contributed by atoms with Gasteiger partial charge in [-0.3, -0.25) is 14.3 Å². The molecular weight excluding hydrogens is 227 g/mol. The minimum atomic E-state index is -1.30. The highest BCUT2D eigenvalue weighted by Gasteiger charge is 2.36. The zero-order valence-corrected chi connectivity index (χ0v) is 9.62. The third-order valence-corrected chi connectivity index (χ3v) is 3.77. The van der Waals surface area contributed by atoms with Crippen molar-refractivity contribution in [1.82, 2.24) is 9.55 Å². The number of aromatic amines is 1. The maximum Gasteiger partial charge on any atom is 0.331 e. The zero-order valence-electron chi connectivity index (χ0n) is 9.62. The Balaban J connectivity index is 2.43. The second-order valence-corrected chi connectivity index (χ2v) is 4.69. The van der Waals surface area contributed by atoms with Crippen LogP contribution in [0.1, 0.15) is 32.6 Å². The van der Waals surface area contributed by atoms with Gasteiger partial charge in [0.1, 0.15) is 0 Å². The molecule has 2 N–H and O–H groups in total. The Bertz CT molecular complexity index is 537. The summed E-state index contributed by atoms with van der Waals surface area (Å²) in [4.78, 5) is 24.3. The highest BCUT2D eigenvalue weighted by Crippen LogP contribution is 2.45. The number of aromatic nitrogens is 2. The van der Waals surface area contributed by atoms with Crippen LogP contribution in [-0.4, -0.2) is 14.7 Å². The number of nitrogens with zero attached hydrogens (tertiary/aromatic N) is 1. The molecule has 0 bridgehead atoms.